The van der Waals surface area contributed by atoms with Gasteiger partial charge in [0.15, 0.2) is 12.2 Å². The van der Waals surface area contributed by atoms with Gasteiger partial charge in [-0.3, -0.25) is 9.69 Å². The number of rotatable bonds is 6. The standard InChI is InChI=1S/C19H25N5O5/c1-21-16-15(17(26)24(19(21)27)7-4-10-25)23-9-8-22(18(23)20-16)13-6-5-12(28-2)11-14(13)29-3/h5-6,11,15-16,25H,4,7-10H2,1-3H3. The van der Waals surface area contributed by atoms with E-state index in [4.69, 9.17) is 19.6 Å². The van der Waals surface area contributed by atoms with Crippen molar-refractivity contribution in [2.24, 2.45) is 4.99 Å². The van der Waals surface area contributed by atoms with Crippen molar-refractivity contribution in [3.8, 4) is 11.5 Å². The van der Waals surface area contributed by atoms with Gasteiger partial charge in [-0.2, -0.15) is 0 Å². The lowest BCUT2D eigenvalue weighted by molar-refractivity contribution is -0.137. The molecule has 0 spiro atoms. The Bertz CT molecular complexity index is 859. The summed E-state index contributed by atoms with van der Waals surface area (Å²) < 4.78 is 10.8. The molecular weight excluding hydrogens is 378 g/mol. The van der Waals surface area contributed by atoms with Crippen molar-refractivity contribution < 1.29 is 24.2 Å². The van der Waals surface area contributed by atoms with E-state index in [0.29, 0.717) is 37.0 Å². The molecule has 156 valence electrons. The molecule has 0 aromatic heterocycles. The summed E-state index contributed by atoms with van der Waals surface area (Å²) in [4.78, 5) is 37.1. The molecule has 1 aromatic rings. The van der Waals surface area contributed by atoms with Gasteiger partial charge in [0.25, 0.3) is 5.91 Å². The number of likely N-dealkylation sites (N-methyl/N-ethyl adjacent to an activating group) is 1. The lowest BCUT2D eigenvalue weighted by atomic mass is 10.1. The van der Waals surface area contributed by atoms with Crippen molar-refractivity contribution in [3.63, 3.8) is 0 Å². The van der Waals surface area contributed by atoms with Crippen molar-refractivity contribution in [1.82, 2.24) is 14.7 Å². The molecule has 3 amide bonds. The number of hydrogen-bond donors (Lipinski definition) is 1. The number of aliphatic hydroxyl groups is 1. The van der Waals surface area contributed by atoms with Crippen molar-refractivity contribution in [1.29, 1.82) is 0 Å². The Morgan fingerprint density at radius 2 is 2.00 bits per heavy atom. The predicted octanol–water partition coefficient (Wildman–Crippen LogP) is 0.167. The normalized spacial score (nSPS) is 23.4. The van der Waals surface area contributed by atoms with E-state index < -0.39 is 12.2 Å². The number of ether oxygens (including phenoxy) is 2. The molecule has 2 atom stereocenters. The monoisotopic (exact) mass is 403 g/mol. The molecule has 3 aliphatic heterocycles. The third-order valence-electron chi connectivity index (χ3n) is 5.59. The molecule has 4 rings (SSSR count). The van der Waals surface area contributed by atoms with E-state index in [2.05, 4.69) is 0 Å². The number of carbonyl (C=O) groups is 2. The highest BCUT2D eigenvalue weighted by Gasteiger charge is 2.54. The number of carbonyl (C=O) groups excluding carboxylic acids is 2. The van der Waals surface area contributed by atoms with Crippen LogP contribution in [0, 0.1) is 0 Å². The quantitative estimate of drug-likeness (QED) is 0.723. The number of urea groups is 1. The van der Waals surface area contributed by atoms with Gasteiger partial charge in [0.1, 0.15) is 11.5 Å². The SMILES string of the molecule is COc1ccc(N2CCN3C2=NC2C3C(=O)N(CCCO)C(=O)N2C)c(OC)c1. The summed E-state index contributed by atoms with van der Waals surface area (Å²) in [5, 5.41) is 9.10. The summed E-state index contributed by atoms with van der Waals surface area (Å²) in [7, 11) is 4.85. The minimum absolute atomic E-state index is 0.0780. The van der Waals surface area contributed by atoms with Crippen LogP contribution in [-0.2, 0) is 4.79 Å². The van der Waals surface area contributed by atoms with E-state index in [1.54, 1.807) is 27.3 Å². The van der Waals surface area contributed by atoms with E-state index in [9.17, 15) is 9.59 Å². The van der Waals surface area contributed by atoms with Gasteiger partial charge in [-0.1, -0.05) is 0 Å². The van der Waals surface area contributed by atoms with Crippen molar-refractivity contribution in [2.75, 3.05) is 52.4 Å². The highest BCUT2D eigenvalue weighted by Crippen LogP contribution is 2.38. The number of aliphatic imine (C=N–C) groups is 1. The molecular formula is C19H25N5O5. The smallest absolute Gasteiger partial charge is 0.328 e. The second-order valence-corrected chi connectivity index (χ2v) is 7.13. The maximum Gasteiger partial charge on any atom is 0.328 e. The van der Waals surface area contributed by atoms with Crippen molar-refractivity contribution in [3.05, 3.63) is 18.2 Å². The van der Waals surface area contributed by atoms with Crippen LogP contribution in [0.4, 0.5) is 10.5 Å². The molecule has 0 bridgehead atoms. The fourth-order valence-electron chi connectivity index (χ4n) is 4.11. The maximum absolute atomic E-state index is 13.1. The summed E-state index contributed by atoms with van der Waals surface area (Å²) in [6, 6.07) is 4.61. The fraction of sp³-hybridized carbons (Fsp3) is 0.526. The number of fused-ring (bicyclic) bond motifs is 3. The molecule has 0 saturated carbocycles. The summed E-state index contributed by atoms with van der Waals surface area (Å²) >= 11 is 0. The van der Waals surface area contributed by atoms with Gasteiger partial charge in [0, 0.05) is 39.4 Å². The molecule has 3 aliphatic rings. The number of anilines is 1. The van der Waals surface area contributed by atoms with E-state index >= 15 is 0 Å². The summed E-state index contributed by atoms with van der Waals surface area (Å²) in [5.74, 6) is 1.71. The minimum atomic E-state index is -0.567. The molecule has 3 heterocycles. The first-order valence-corrected chi connectivity index (χ1v) is 9.55. The number of benzene rings is 1. The number of aliphatic hydroxyl groups excluding tert-OH is 1. The van der Waals surface area contributed by atoms with Crippen molar-refractivity contribution in [2.45, 2.75) is 18.6 Å². The minimum Gasteiger partial charge on any atom is -0.497 e. The Hall–Kier alpha value is -3.01. The van der Waals surface area contributed by atoms with Gasteiger partial charge in [-0.25, -0.2) is 9.79 Å². The lowest BCUT2D eigenvalue weighted by Crippen LogP contribution is -2.64. The van der Waals surface area contributed by atoms with Crippen LogP contribution in [0.5, 0.6) is 11.5 Å². The zero-order valence-corrected chi connectivity index (χ0v) is 16.7. The molecule has 0 aliphatic carbocycles. The third kappa shape index (κ3) is 2.94. The van der Waals surface area contributed by atoms with Crippen LogP contribution < -0.4 is 14.4 Å². The number of imide groups is 1. The fourth-order valence-corrected chi connectivity index (χ4v) is 4.11. The lowest BCUT2D eigenvalue weighted by Gasteiger charge is -2.40. The number of guanidine groups is 1. The molecule has 29 heavy (non-hydrogen) atoms. The van der Waals surface area contributed by atoms with Gasteiger partial charge >= 0.3 is 6.03 Å². The molecule has 10 heteroatoms. The number of hydrogen-bond acceptors (Lipinski definition) is 8. The van der Waals surface area contributed by atoms with E-state index in [1.807, 2.05) is 21.9 Å². The van der Waals surface area contributed by atoms with E-state index in [1.165, 1.54) is 9.80 Å². The topological polar surface area (TPSA) is 98.2 Å². The summed E-state index contributed by atoms with van der Waals surface area (Å²) in [5.41, 5.74) is 0.826. The van der Waals surface area contributed by atoms with Crippen LogP contribution >= 0.6 is 0 Å². The maximum atomic E-state index is 13.1. The Balaban J connectivity index is 1.65. The van der Waals surface area contributed by atoms with Crippen molar-refractivity contribution >= 4 is 23.6 Å². The summed E-state index contributed by atoms with van der Waals surface area (Å²) in [6.07, 6.45) is -0.214. The van der Waals surface area contributed by atoms with Crippen LogP contribution in [0.2, 0.25) is 0 Å². The Morgan fingerprint density at radius 1 is 1.21 bits per heavy atom. The van der Waals surface area contributed by atoms with Gasteiger partial charge in [-0.05, 0) is 18.6 Å². The highest BCUT2D eigenvalue weighted by molar-refractivity contribution is 6.08. The first-order valence-electron chi connectivity index (χ1n) is 9.55. The first kappa shape index (κ1) is 19.3. The molecule has 2 fully saturated rings. The molecule has 2 saturated heterocycles. The number of methoxy groups -OCH3 is 2. The van der Waals surface area contributed by atoms with Crippen LogP contribution in [0.15, 0.2) is 23.2 Å². The van der Waals surface area contributed by atoms with Gasteiger partial charge in [0.05, 0.1) is 19.9 Å². The average molecular weight is 403 g/mol. The molecule has 1 aromatic carbocycles. The summed E-state index contributed by atoms with van der Waals surface area (Å²) in [6.45, 7) is 1.37. The molecule has 10 nitrogen and oxygen atoms in total. The molecule has 0 radical (unpaired) electrons. The zero-order chi connectivity index (χ0) is 20.7. The Morgan fingerprint density at radius 3 is 2.69 bits per heavy atom. The highest BCUT2D eigenvalue weighted by atomic mass is 16.5. The predicted molar refractivity (Wildman–Crippen MR) is 105 cm³/mol. The first-order chi connectivity index (χ1) is 14.0. The Labute approximate surface area is 168 Å². The van der Waals surface area contributed by atoms with Gasteiger partial charge in [0.2, 0.25) is 5.96 Å². The van der Waals surface area contributed by atoms with Gasteiger partial charge < -0.3 is 29.3 Å². The number of nitrogens with zero attached hydrogens (tertiary/aromatic N) is 5. The van der Waals surface area contributed by atoms with Crippen LogP contribution in [0.25, 0.3) is 0 Å². The van der Waals surface area contributed by atoms with E-state index in [-0.39, 0.29) is 25.1 Å². The zero-order valence-electron chi connectivity index (χ0n) is 16.7. The molecule has 2 unspecified atom stereocenters. The van der Waals surface area contributed by atoms with Crippen LogP contribution in [0.1, 0.15) is 6.42 Å². The van der Waals surface area contributed by atoms with Crippen LogP contribution in [0.3, 0.4) is 0 Å². The number of amides is 3. The van der Waals surface area contributed by atoms with E-state index in [0.717, 1.165) is 5.69 Å². The largest absolute Gasteiger partial charge is 0.497 e. The molecule has 1 N–H and O–H groups in total. The second-order valence-electron chi connectivity index (χ2n) is 7.13. The third-order valence-corrected chi connectivity index (χ3v) is 5.59. The second kappa shape index (κ2) is 7.43. The van der Waals surface area contributed by atoms with Crippen LogP contribution in [-0.4, -0.2) is 97.4 Å². The van der Waals surface area contributed by atoms with Gasteiger partial charge in [-0.15, -0.1) is 0 Å². The Kier molecular flexibility index (Phi) is 4.95. The average Bonchev–Trinajstić information content (AvgIpc) is 3.31.